The number of hydrogen-bond acceptors (Lipinski definition) is 4. The van der Waals surface area contributed by atoms with Crippen LogP contribution in [0.4, 0.5) is 0 Å². The second-order valence-electron chi connectivity index (χ2n) is 10.8. The molecule has 41 heavy (non-hydrogen) atoms. The SMILES string of the molecule is Cc1c(-c2c(Cl)cc(C(N)=O)c3c2-c2ccc(C(C)(C)O)cc2C3)cccc1-n1c(=O)[nH]c2c(Cl)cccc2c1=O. The highest BCUT2D eigenvalue weighted by Gasteiger charge is 2.31. The average molecular weight is 586 g/mol. The molecule has 1 aliphatic carbocycles. The molecular weight excluding hydrogens is 561 g/mol. The molecule has 1 aliphatic rings. The number of nitrogens with zero attached hydrogens (tertiary/aromatic N) is 1. The number of H-pyrrole nitrogens is 1. The number of carbonyl (C=O) groups excluding carboxylic acids is 1. The number of fused-ring (bicyclic) bond motifs is 4. The van der Waals surface area contributed by atoms with E-state index in [0.717, 1.165) is 32.4 Å². The summed E-state index contributed by atoms with van der Waals surface area (Å²) in [5, 5.41) is 11.5. The van der Waals surface area contributed by atoms with E-state index in [2.05, 4.69) is 4.98 Å². The summed E-state index contributed by atoms with van der Waals surface area (Å²) in [4.78, 5) is 42.0. The Morgan fingerprint density at radius 1 is 0.976 bits per heavy atom. The molecule has 0 saturated heterocycles. The van der Waals surface area contributed by atoms with Gasteiger partial charge in [0.2, 0.25) is 5.91 Å². The third kappa shape index (κ3) is 4.20. The number of aromatic amines is 1. The fraction of sp³-hybridized carbons (Fsp3) is 0.156. The Morgan fingerprint density at radius 3 is 2.41 bits per heavy atom. The van der Waals surface area contributed by atoms with Crippen LogP contribution < -0.4 is 17.0 Å². The van der Waals surface area contributed by atoms with Gasteiger partial charge in [-0.1, -0.05) is 59.6 Å². The predicted molar refractivity (Wildman–Crippen MR) is 162 cm³/mol. The van der Waals surface area contributed by atoms with Crippen molar-refractivity contribution in [3.05, 3.63) is 119 Å². The molecule has 4 aromatic carbocycles. The number of nitrogens with two attached hydrogens (primary N) is 1. The van der Waals surface area contributed by atoms with Gasteiger partial charge in [0, 0.05) is 16.1 Å². The van der Waals surface area contributed by atoms with Gasteiger partial charge in [0.15, 0.2) is 0 Å². The monoisotopic (exact) mass is 585 g/mol. The van der Waals surface area contributed by atoms with Crippen LogP contribution >= 0.6 is 23.2 Å². The van der Waals surface area contributed by atoms with E-state index >= 15 is 0 Å². The highest BCUT2D eigenvalue weighted by atomic mass is 35.5. The lowest BCUT2D eigenvalue weighted by atomic mass is 9.88. The zero-order chi connectivity index (χ0) is 29.4. The first-order valence-corrected chi connectivity index (χ1v) is 13.7. The predicted octanol–water partition coefficient (Wildman–Crippen LogP) is 5.86. The summed E-state index contributed by atoms with van der Waals surface area (Å²) < 4.78 is 1.09. The summed E-state index contributed by atoms with van der Waals surface area (Å²) >= 11 is 13.1. The Hall–Kier alpha value is -4.17. The number of carbonyl (C=O) groups is 1. The smallest absolute Gasteiger partial charge is 0.333 e. The number of aliphatic hydroxyl groups is 1. The van der Waals surface area contributed by atoms with Crippen molar-refractivity contribution in [1.29, 1.82) is 0 Å². The topological polar surface area (TPSA) is 118 Å². The van der Waals surface area contributed by atoms with Crippen molar-refractivity contribution < 1.29 is 9.90 Å². The first-order valence-electron chi connectivity index (χ1n) is 12.9. The first-order chi connectivity index (χ1) is 19.4. The number of amides is 1. The van der Waals surface area contributed by atoms with Crippen molar-refractivity contribution in [2.75, 3.05) is 0 Å². The van der Waals surface area contributed by atoms with Crippen LogP contribution in [0.5, 0.6) is 0 Å². The van der Waals surface area contributed by atoms with Gasteiger partial charge in [0.25, 0.3) is 5.56 Å². The van der Waals surface area contributed by atoms with Crippen LogP contribution in [-0.2, 0) is 12.0 Å². The number of benzene rings is 4. The highest BCUT2D eigenvalue weighted by Crippen LogP contribution is 2.49. The van der Waals surface area contributed by atoms with E-state index in [-0.39, 0.29) is 15.9 Å². The summed E-state index contributed by atoms with van der Waals surface area (Å²) in [6.45, 7) is 5.25. The van der Waals surface area contributed by atoms with E-state index in [0.29, 0.717) is 39.4 Å². The van der Waals surface area contributed by atoms with Crippen molar-refractivity contribution in [2.45, 2.75) is 32.8 Å². The van der Waals surface area contributed by atoms with Gasteiger partial charge in [-0.05, 0) is 90.4 Å². The molecule has 7 nitrogen and oxygen atoms in total. The maximum Gasteiger partial charge on any atom is 0.333 e. The van der Waals surface area contributed by atoms with Crippen LogP contribution in [-0.4, -0.2) is 20.6 Å². The molecule has 6 rings (SSSR count). The average Bonchev–Trinajstić information content (AvgIpc) is 3.28. The minimum absolute atomic E-state index is 0.276. The van der Waals surface area contributed by atoms with E-state index in [1.165, 1.54) is 0 Å². The molecule has 0 radical (unpaired) electrons. The maximum atomic E-state index is 13.5. The lowest BCUT2D eigenvalue weighted by Gasteiger charge is -2.20. The summed E-state index contributed by atoms with van der Waals surface area (Å²) in [6.07, 6.45) is 0.431. The third-order valence-corrected chi connectivity index (χ3v) is 8.41. The number of para-hydroxylation sites is 1. The standard InChI is InChI=1S/C32H25Cl2N3O4/c1-15-18(6-5-9-25(15)37-30(39)20-7-4-8-23(33)28(20)36-31(37)40)27-24(34)14-22(29(35)38)21-13-16-12-17(32(2,3)41)10-11-19(16)26(21)27/h4-12,14,41H,13H2,1-3H3,(H2,35,38)(H,36,40). The van der Waals surface area contributed by atoms with E-state index in [4.69, 9.17) is 28.9 Å². The first kappa shape index (κ1) is 27.0. The van der Waals surface area contributed by atoms with Crippen LogP contribution in [0.3, 0.4) is 0 Å². The Bertz CT molecular complexity index is 2070. The quantitative estimate of drug-likeness (QED) is 0.240. The minimum Gasteiger partial charge on any atom is -0.386 e. The third-order valence-electron chi connectivity index (χ3n) is 7.80. The van der Waals surface area contributed by atoms with E-state index in [1.54, 1.807) is 50.2 Å². The molecule has 5 aromatic rings. The van der Waals surface area contributed by atoms with E-state index in [1.807, 2.05) is 31.2 Å². The number of aromatic nitrogens is 2. The normalized spacial score (nSPS) is 12.4. The number of halogens is 2. The van der Waals surface area contributed by atoms with Crippen LogP contribution in [0.15, 0.2) is 70.3 Å². The number of hydrogen-bond donors (Lipinski definition) is 3. The molecule has 4 N–H and O–H groups in total. The number of nitrogens with one attached hydrogen (secondary N) is 1. The molecule has 0 unspecified atom stereocenters. The van der Waals surface area contributed by atoms with Crippen molar-refractivity contribution in [3.63, 3.8) is 0 Å². The van der Waals surface area contributed by atoms with Crippen LogP contribution in [0.1, 0.15) is 46.5 Å². The molecule has 0 bridgehead atoms. The van der Waals surface area contributed by atoms with Crippen molar-refractivity contribution in [1.82, 2.24) is 9.55 Å². The maximum absolute atomic E-state index is 13.5. The fourth-order valence-electron chi connectivity index (χ4n) is 5.77. The second-order valence-corrected chi connectivity index (χ2v) is 11.6. The summed E-state index contributed by atoms with van der Waals surface area (Å²) in [5.74, 6) is -0.594. The van der Waals surface area contributed by atoms with E-state index in [9.17, 15) is 19.5 Å². The number of rotatable bonds is 4. The lowest BCUT2D eigenvalue weighted by Crippen LogP contribution is -2.34. The molecule has 1 aromatic heterocycles. The Balaban J connectivity index is 1.64. The molecule has 0 saturated carbocycles. The molecule has 1 amide bonds. The zero-order valence-corrected chi connectivity index (χ0v) is 23.9. The molecule has 0 spiro atoms. The van der Waals surface area contributed by atoms with Crippen molar-refractivity contribution in [2.24, 2.45) is 5.73 Å². The van der Waals surface area contributed by atoms with Gasteiger partial charge < -0.3 is 15.8 Å². The van der Waals surface area contributed by atoms with Crippen LogP contribution in [0.2, 0.25) is 10.0 Å². The van der Waals surface area contributed by atoms with Gasteiger partial charge in [0.1, 0.15) is 0 Å². The molecule has 0 fully saturated rings. The summed E-state index contributed by atoms with van der Waals surface area (Å²) in [5.41, 5.74) is 10.6. The fourth-order valence-corrected chi connectivity index (χ4v) is 6.30. The molecule has 1 heterocycles. The lowest BCUT2D eigenvalue weighted by molar-refractivity contribution is 0.0785. The van der Waals surface area contributed by atoms with Gasteiger partial charge >= 0.3 is 5.69 Å². The number of primary amides is 1. The van der Waals surface area contributed by atoms with Gasteiger partial charge in [0.05, 0.1) is 27.2 Å². The van der Waals surface area contributed by atoms with Crippen LogP contribution in [0.25, 0.3) is 38.8 Å². The molecule has 0 aliphatic heterocycles. The van der Waals surface area contributed by atoms with Crippen molar-refractivity contribution >= 4 is 40.0 Å². The molecule has 206 valence electrons. The Kier molecular flexibility index (Phi) is 6.23. The molecular formula is C32H25Cl2N3O4. The Labute approximate surface area is 244 Å². The van der Waals surface area contributed by atoms with Gasteiger partial charge in [-0.25, -0.2) is 9.36 Å². The molecule has 0 atom stereocenters. The van der Waals surface area contributed by atoms with E-state index < -0.39 is 22.8 Å². The zero-order valence-electron chi connectivity index (χ0n) is 22.4. The van der Waals surface area contributed by atoms with Crippen molar-refractivity contribution in [3.8, 4) is 27.9 Å². The minimum atomic E-state index is -1.05. The van der Waals surface area contributed by atoms with Gasteiger partial charge in [-0.3, -0.25) is 9.59 Å². The largest absolute Gasteiger partial charge is 0.386 e. The summed E-state index contributed by atoms with van der Waals surface area (Å²) in [6, 6.07) is 17.5. The van der Waals surface area contributed by atoms with Gasteiger partial charge in [-0.2, -0.15) is 0 Å². The molecule has 9 heteroatoms. The Morgan fingerprint density at radius 2 is 1.71 bits per heavy atom. The highest BCUT2D eigenvalue weighted by molar-refractivity contribution is 6.35. The second kappa shape index (κ2) is 9.45. The van der Waals surface area contributed by atoms with Crippen LogP contribution in [0, 0.1) is 6.92 Å². The van der Waals surface area contributed by atoms with Gasteiger partial charge in [-0.15, -0.1) is 0 Å². The summed E-state index contributed by atoms with van der Waals surface area (Å²) in [7, 11) is 0.